The fourth-order valence-electron chi connectivity index (χ4n) is 1.58. The number of rotatable bonds is 6. The number of aromatic nitrogens is 2. The van der Waals surface area contributed by atoms with Gasteiger partial charge in [-0.25, -0.2) is 4.98 Å². The maximum Gasteiger partial charge on any atom is 0.221 e. The molecular formula is C11H20N4O. The van der Waals surface area contributed by atoms with Crippen LogP contribution < -0.4 is 10.6 Å². The molecule has 0 radical (unpaired) electrons. The standard InChI is InChI=1S/C11H20N4O/c1-9-8-13-11(12)14-10(9)15(2)6-4-3-5-7-16/h8,16H,3-7H2,1-2H3,(H2,12,13,14). The van der Waals surface area contributed by atoms with Gasteiger partial charge in [0.15, 0.2) is 0 Å². The van der Waals surface area contributed by atoms with E-state index in [-0.39, 0.29) is 6.61 Å². The van der Waals surface area contributed by atoms with Crippen LogP contribution >= 0.6 is 0 Å². The first-order chi connectivity index (χ1) is 7.65. The van der Waals surface area contributed by atoms with Gasteiger partial charge in [0.1, 0.15) is 5.82 Å². The van der Waals surface area contributed by atoms with Crippen molar-refractivity contribution in [3.05, 3.63) is 11.8 Å². The van der Waals surface area contributed by atoms with Crippen LogP contribution in [0.3, 0.4) is 0 Å². The predicted octanol–water partition coefficient (Wildman–Crippen LogP) is 0.966. The Kier molecular flexibility index (Phi) is 4.98. The van der Waals surface area contributed by atoms with Crippen LogP contribution in [0.15, 0.2) is 6.20 Å². The summed E-state index contributed by atoms with van der Waals surface area (Å²) in [6.07, 6.45) is 4.67. The number of hydrogen-bond donors (Lipinski definition) is 2. The fourth-order valence-corrected chi connectivity index (χ4v) is 1.58. The Morgan fingerprint density at radius 1 is 1.38 bits per heavy atom. The van der Waals surface area contributed by atoms with Crippen LogP contribution in [0, 0.1) is 6.92 Å². The minimum absolute atomic E-state index is 0.267. The molecule has 0 atom stereocenters. The van der Waals surface area contributed by atoms with Crippen LogP contribution in [-0.4, -0.2) is 35.3 Å². The van der Waals surface area contributed by atoms with E-state index in [0.717, 1.165) is 37.2 Å². The predicted molar refractivity (Wildman–Crippen MR) is 65.4 cm³/mol. The molecule has 5 nitrogen and oxygen atoms in total. The maximum atomic E-state index is 8.68. The average molecular weight is 224 g/mol. The van der Waals surface area contributed by atoms with Crippen molar-refractivity contribution in [1.82, 2.24) is 9.97 Å². The van der Waals surface area contributed by atoms with E-state index < -0.39 is 0 Å². The second-order valence-electron chi connectivity index (χ2n) is 3.94. The Morgan fingerprint density at radius 2 is 2.12 bits per heavy atom. The molecule has 90 valence electrons. The van der Waals surface area contributed by atoms with Gasteiger partial charge in [0.25, 0.3) is 0 Å². The summed E-state index contributed by atoms with van der Waals surface area (Å²) in [5.74, 6) is 1.19. The van der Waals surface area contributed by atoms with Crippen LogP contribution in [0.25, 0.3) is 0 Å². The van der Waals surface area contributed by atoms with E-state index in [1.165, 1.54) is 0 Å². The quantitative estimate of drug-likeness (QED) is 0.704. The molecule has 5 heteroatoms. The van der Waals surface area contributed by atoms with Crippen molar-refractivity contribution in [3.63, 3.8) is 0 Å². The van der Waals surface area contributed by atoms with Crippen LogP contribution in [0.4, 0.5) is 11.8 Å². The number of aliphatic hydroxyl groups excluding tert-OH is 1. The van der Waals surface area contributed by atoms with Crippen molar-refractivity contribution in [2.24, 2.45) is 0 Å². The summed E-state index contributed by atoms with van der Waals surface area (Å²) in [6, 6.07) is 0. The molecule has 0 aliphatic heterocycles. The number of nitrogens with two attached hydrogens (primary N) is 1. The van der Waals surface area contributed by atoms with Crippen molar-refractivity contribution in [1.29, 1.82) is 0 Å². The second kappa shape index (κ2) is 6.27. The Morgan fingerprint density at radius 3 is 2.81 bits per heavy atom. The Bertz CT molecular complexity index is 330. The van der Waals surface area contributed by atoms with E-state index >= 15 is 0 Å². The molecular weight excluding hydrogens is 204 g/mol. The molecule has 0 aromatic carbocycles. The van der Waals surface area contributed by atoms with Gasteiger partial charge in [-0.05, 0) is 26.2 Å². The molecule has 0 fully saturated rings. The third kappa shape index (κ3) is 3.66. The van der Waals surface area contributed by atoms with Gasteiger partial charge in [-0.3, -0.25) is 0 Å². The Balaban J connectivity index is 2.51. The number of aryl methyl sites for hydroxylation is 1. The molecule has 0 aliphatic rings. The lowest BCUT2D eigenvalue weighted by atomic mass is 10.2. The molecule has 16 heavy (non-hydrogen) atoms. The SMILES string of the molecule is Cc1cnc(N)nc1N(C)CCCCCO. The monoisotopic (exact) mass is 224 g/mol. The number of nitrogens with zero attached hydrogens (tertiary/aromatic N) is 3. The fraction of sp³-hybridized carbons (Fsp3) is 0.636. The molecule has 0 bridgehead atoms. The summed E-state index contributed by atoms with van der Waals surface area (Å²) >= 11 is 0. The Labute approximate surface area is 96.3 Å². The van der Waals surface area contributed by atoms with E-state index in [9.17, 15) is 0 Å². The van der Waals surface area contributed by atoms with Crippen molar-refractivity contribution in [3.8, 4) is 0 Å². The number of nitrogen functional groups attached to an aromatic ring is 1. The van der Waals surface area contributed by atoms with E-state index in [0.29, 0.717) is 5.95 Å². The zero-order valence-corrected chi connectivity index (χ0v) is 9.98. The van der Waals surface area contributed by atoms with Gasteiger partial charge >= 0.3 is 0 Å². The van der Waals surface area contributed by atoms with E-state index in [2.05, 4.69) is 14.9 Å². The number of hydrogen-bond acceptors (Lipinski definition) is 5. The van der Waals surface area contributed by atoms with Crippen molar-refractivity contribution in [2.45, 2.75) is 26.2 Å². The first-order valence-electron chi connectivity index (χ1n) is 5.56. The zero-order valence-electron chi connectivity index (χ0n) is 9.98. The summed E-state index contributed by atoms with van der Waals surface area (Å²) in [6.45, 7) is 3.15. The first-order valence-corrected chi connectivity index (χ1v) is 5.56. The van der Waals surface area contributed by atoms with Gasteiger partial charge in [0.05, 0.1) is 0 Å². The van der Waals surface area contributed by atoms with Gasteiger partial charge in [0, 0.05) is 32.0 Å². The minimum atomic E-state index is 0.267. The highest BCUT2D eigenvalue weighted by Crippen LogP contribution is 2.15. The molecule has 1 rings (SSSR count). The molecule has 1 heterocycles. The van der Waals surface area contributed by atoms with E-state index in [1.807, 2.05) is 14.0 Å². The second-order valence-corrected chi connectivity index (χ2v) is 3.94. The molecule has 0 aliphatic carbocycles. The Hall–Kier alpha value is -1.36. The van der Waals surface area contributed by atoms with Crippen LogP contribution in [0.1, 0.15) is 24.8 Å². The van der Waals surface area contributed by atoms with Crippen molar-refractivity contribution in [2.75, 3.05) is 30.8 Å². The molecule has 0 saturated heterocycles. The third-order valence-electron chi connectivity index (χ3n) is 2.48. The van der Waals surface area contributed by atoms with E-state index in [1.54, 1.807) is 6.20 Å². The van der Waals surface area contributed by atoms with Gasteiger partial charge in [-0.2, -0.15) is 4.98 Å². The summed E-state index contributed by atoms with van der Waals surface area (Å²) in [7, 11) is 1.99. The summed E-state index contributed by atoms with van der Waals surface area (Å²) in [4.78, 5) is 10.2. The number of unbranched alkanes of at least 4 members (excludes halogenated alkanes) is 2. The third-order valence-corrected chi connectivity index (χ3v) is 2.48. The van der Waals surface area contributed by atoms with E-state index in [4.69, 9.17) is 10.8 Å². The molecule has 0 saturated carbocycles. The lowest BCUT2D eigenvalue weighted by Crippen LogP contribution is -2.21. The number of aliphatic hydroxyl groups is 1. The van der Waals surface area contributed by atoms with Crippen LogP contribution in [0.2, 0.25) is 0 Å². The first kappa shape index (κ1) is 12.7. The average Bonchev–Trinajstić information content (AvgIpc) is 2.27. The van der Waals surface area contributed by atoms with Gasteiger partial charge in [-0.15, -0.1) is 0 Å². The van der Waals surface area contributed by atoms with Crippen LogP contribution in [-0.2, 0) is 0 Å². The molecule has 1 aromatic rings. The summed E-state index contributed by atoms with van der Waals surface area (Å²) in [5.41, 5.74) is 6.59. The van der Waals surface area contributed by atoms with Crippen LogP contribution in [0.5, 0.6) is 0 Å². The highest BCUT2D eigenvalue weighted by atomic mass is 16.2. The normalized spacial score (nSPS) is 10.4. The van der Waals surface area contributed by atoms with Crippen molar-refractivity contribution < 1.29 is 5.11 Å². The molecule has 0 spiro atoms. The van der Waals surface area contributed by atoms with Gasteiger partial charge in [-0.1, -0.05) is 0 Å². The highest BCUT2D eigenvalue weighted by Gasteiger charge is 2.06. The van der Waals surface area contributed by atoms with Gasteiger partial charge < -0.3 is 15.7 Å². The zero-order chi connectivity index (χ0) is 12.0. The summed E-state index contributed by atoms with van der Waals surface area (Å²) < 4.78 is 0. The largest absolute Gasteiger partial charge is 0.396 e. The molecule has 0 unspecified atom stereocenters. The topological polar surface area (TPSA) is 75.3 Å². The minimum Gasteiger partial charge on any atom is -0.396 e. The number of anilines is 2. The lowest BCUT2D eigenvalue weighted by Gasteiger charge is -2.19. The lowest BCUT2D eigenvalue weighted by molar-refractivity contribution is 0.283. The maximum absolute atomic E-state index is 8.68. The summed E-state index contributed by atoms with van der Waals surface area (Å²) in [5, 5.41) is 8.68. The molecule has 3 N–H and O–H groups in total. The van der Waals surface area contributed by atoms with Gasteiger partial charge in [0.2, 0.25) is 5.95 Å². The molecule has 0 amide bonds. The highest BCUT2D eigenvalue weighted by molar-refractivity contribution is 5.47. The van der Waals surface area contributed by atoms with Crippen molar-refractivity contribution >= 4 is 11.8 Å². The smallest absolute Gasteiger partial charge is 0.221 e. The molecule has 1 aromatic heterocycles.